The molecule has 0 aliphatic rings. The van der Waals surface area contributed by atoms with Gasteiger partial charge in [0, 0.05) is 52.8 Å². The molecule has 24 heteroatoms. The summed E-state index contributed by atoms with van der Waals surface area (Å²) in [5, 5.41) is 47.5. The van der Waals surface area contributed by atoms with Crippen molar-refractivity contribution < 1.29 is 51.9 Å². The van der Waals surface area contributed by atoms with Crippen LogP contribution in [-0.2, 0) is 9.59 Å². The molecule has 0 saturated carbocycles. The van der Waals surface area contributed by atoms with E-state index in [0.29, 0.717) is 51.1 Å². The van der Waals surface area contributed by atoms with Gasteiger partial charge in [-0.1, -0.05) is 87.4 Å². The number of aromatic nitrogens is 8. The Morgan fingerprint density at radius 1 is 0.402 bits per heavy atom. The van der Waals surface area contributed by atoms with Gasteiger partial charge >= 0.3 is 5.69 Å². The Bertz CT molecular complexity index is 5930. The van der Waals surface area contributed by atoms with E-state index in [1.54, 1.807) is 59.4 Å². The summed E-state index contributed by atoms with van der Waals surface area (Å²) in [7, 11) is 4.90. The molecule has 0 radical (unpaired) electrons. The number of nitrogens with one attached hydrogen (secondary N) is 2. The number of fused-ring (bicyclic) bond motifs is 4. The molecule has 24 nitrogen and oxygen atoms in total. The molecular weight excluding hydrogens is 1360 g/mol. The van der Waals surface area contributed by atoms with Gasteiger partial charge in [0.15, 0.2) is 0 Å². The molecule has 0 atom stereocenters. The van der Waals surface area contributed by atoms with Gasteiger partial charge in [0.1, 0.15) is 51.7 Å². The van der Waals surface area contributed by atoms with Gasteiger partial charge in [-0.15, -0.1) is 0 Å². The highest BCUT2D eigenvalue weighted by Gasteiger charge is 2.33. The number of rotatable bonds is 14. The van der Waals surface area contributed by atoms with Crippen LogP contribution in [0.15, 0.2) is 212 Å². The van der Waals surface area contributed by atoms with Gasteiger partial charge in [0.05, 0.1) is 133 Å². The van der Waals surface area contributed by atoms with Crippen molar-refractivity contribution in [1.29, 1.82) is 0 Å². The van der Waals surface area contributed by atoms with Gasteiger partial charge in [0.2, 0.25) is 11.8 Å². The van der Waals surface area contributed by atoms with Gasteiger partial charge in [-0.25, -0.2) is 0 Å². The maximum absolute atomic E-state index is 12.0. The Morgan fingerprint density at radius 3 is 0.991 bits per heavy atom. The number of hydrogen-bond donors (Lipinski definition) is 4. The van der Waals surface area contributed by atoms with E-state index in [4.69, 9.17) is 38.0 Å². The molecule has 107 heavy (non-hydrogen) atoms. The second-order valence-corrected chi connectivity index (χ2v) is 25.3. The molecule has 8 aromatic heterocycles. The molecule has 0 aliphatic carbocycles. The number of methoxy groups -OCH3 is 3. The van der Waals surface area contributed by atoms with Crippen molar-refractivity contribution in [1.82, 2.24) is 38.9 Å². The first-order valence-corrected chi connectivity index (χ1v) is 34.1. The second kappa shape index (κ2) is 29.8. The standard InChI is InChI=1S/C22H21N3O3.C21H19N3O3.C20H17N3O4.C20H19N3O2/c1-13-20(14(2)28-24-13)22-21(23-15(3)26)18-7-5-6-8-19(18)25(22)16-9-11-17(27-4)12-10-16;1-12-19(13(2)27-23-12)21-20(22-14(3)25)17-6-4-5-7-18(17)24(21)15-8-10-16(26)11-9-15;1-12-18(13(2)27-21-12)20-19(23(24)25)16-6-4-5-7-17(16)22(20)14-8-10-15(26-3)11-9-14;1-12-18(13(2)25-22-12)20-19(21)16-6-4-5-7-17(16)23(20)14-8-10-15(24-3)11-9-14/h5-12H,1-4H3,(H,23,26);4-11,26H,1-3H3,(H,22,25);4-11H,1-3H3;4-11H,21H2,1-3H3. The number of aryl methyl sites for hydroxylation is 8. The lowest BCUT2D eigenvalue weighted by Gasteiger charge is -2.13. The van der Waals surface area contributed by atoms with Crippen LogP contribution in [0.25, 0.3) is 111 Å². The number of ether oxygens (including phenoxy) is 3. The molecule has 16 rings (SSSR count). The number of hydrogen-bond acceptors (Lipinski definition) is 17. The predicted octanol–water partition coefficient (Wildman–Crippen LogP) is 18.7. The van der Waals surface area contributed by atoms with Crippen LogP contribution in [0, 0.1) is 65.5 Å². The average Bonchev–Trinajstić information content (AvgIpc) is 1.60. The lowest BCUT2D eigenvalue weighted by Crippen LogP contribution is -2.07. The number of carbonyl (C=O) groups excluding carboxylic acids is 2. The number of phenols is 1. The largest absolute Gasteiger partial charge is 0.508 e. The fraction of sp³-hybridized carbons (Fsp3) is 0.157. The van der Waals surface area contributed by atoms with E-state index in [9.17, 15) is 24.8 Å². The minimum Gasteiger partial charge on any atom is -0.508 e. The molecular formula is C83H76N12O12. The first-order valence-electron chi connectivity index (χ1n) is 34.1. The lowest BCUT2D eigenvalue weighted by molar-refractivity contribution is -0.382. The molecule has 16 aromatic rings. The van der Waals surface area contributed by atoms with Crippen LogP contribution in [0.3, 0.4) is 0 Å². The number of aromatic hydroxyl groups is 1. The van der Waals surface area contributed by atoms with Gasteiger partial charge in [-0.05, 0) is 183 Å². The van der Waals surface area contributed by atoms with E-state index in [2.05, 4.69) is 46.5 Å². The first kappa shape index (κ1) is 71.5. The number of nitro groups is 1. The SMILES string of the molecule is CC(=O)Nc1c(-c2c(C)noc2C)n(-c2ccc(O)cc2)c2ccccc12.COc1ccc(-n2c(-c3c(C)noc3C)c(N)c3ccccc32)cc1.COc1ccc(-n2c(-c3c(C)noc3C)c(NC(C)=O)c3ccccc32)cc1.COc1ccc(-n2c(-c3c(C)noc3C)c([N+](=O)[O-])c3ccccc32)cc1. The van der Waals surface area contributed by atoms with Gasteiger partial charge in [-0.2, -0.15) is 0 Å². The van der Waals surface area contributed by atoms with Gasteiger partial charge in [-0.3, -0.25) is 19.7 Å². The monoisotopic (exact) mass is 1430 g/mol. The summed E-state index contributed by atoms with van der Waals surface area (Å²) >= 11 is 0. The zero-order valence-corrected chi connectivity index (χ0v) is 61.0. The number of anilines is 3. The van der Waals surface area contributed by atoms with Crippen LogP contribution in [0.1, 0.15) is 59.7 Å². The Morgan fingerprint density at radius 2 is 0.673 bits per heavy atom. The van der Waals surface area contributed by atoms with Crippen LogP contribution in [-0.4, -0.2) is 82.1 Å². The molecule has 0 spiro atoms. The number of benzene rings is 8. The van der Waals surface area contributed by atoms with E-state index in [-0.39, 0.29) is 28.2 Å². The molecule has 0 bridgehead atoms. The van der Waals surface area contributed by atoms with Crippen molar-refractivity contribution in [3.8, 4) is 90.8 Å². The van der Waals surface area contributed by atoms with Gasteiger partial charge in [0.25, 0.3) is 0 Å². The molecule has 2 amide bonds. The quantitative estimate of drug-likeness (QED) is 0.0581. The molecule has 8 heterocycles. The van der Waals surface area contributed by atoms with Crippen molar-refractivity contribution >= 4 is 78.2 Å². The van der Waals surface area contributed by atoms with Crippen LogP contribution < -0.4 is 30.6 Å². The Balaban J connectivity index is 0.000000126. The fourth-order valence-electron chi connectivity index (χ4n) is 13.9. The summed E-state index contributed by atoms with van der Waals surface area (Å²) < 4.78 is 45.5. The Kier molecular flexibility index (Phi) is 19.9. The zero-order valence-electron chi connectivity index (χ0n) is 61.0. The van der Waals surface area contributed by atoms with Crippen molar-refractivity contribution in [3.63, 3.8) is 0 Å². The highest BCUT2D eigenvalue weighted by Crippen LogP contribution is 2.48. The Labute approximate surface area is 613 Å². The topological polar surface area (TPSA) is 299 Å². The lowest BCUT2D eigenvalue weighted by atomic mass is 10.1. The molecule has 0 aliphatic heterocycles. The number of amides is 2. The van der Waals surface area contributed by atoms with Crippen LogP contribution in [0.5, 0.6) is 23.0 Å². The number of carbonyl (C=O) groups is 2. The summed E-state index contributed by atoms with van der Waals surface area (Å²) in [6, 6.07) is 61.3. The maximum Gasteiger partial charge on any atom is 0.303 e. The molecule has 5 N–H and O–H groups in total. The molecule has 0 unspecified atom stereocenters. The Hall–Kier alpha value is -13.9. The highest BCUT2D eigenvalue weighted by molar-refractivity contribution is 6.11. The third-order valence-electron chi connectivity index (χ3n) is 18.5. The van der Waals surface area contributed by atoms with Crippen LogP contribution >= 0.6 is 0 Å². The van der Waals surface area contributed by atoms with Crippen LogP contribution in [0.2, 0.25) is 0 Å². The van der Waals surface area contributed by atoms with Crippen LogP contribution in [0.4, 0.5) is 22.7 Å². The third-order valence-corrected chi connectivity index (χ3v) is 18.5. The molecule has 0 fully saturated rings. The van der Waals surface area contributed by atoms with E-state index in [1.165, 1.54) is 13.8 Å². The molecule has 8 aromatic carbocycles. The normalized spacial score (nSPS) is 11.1. The fourth-order valence-corrected chi connectivity index (χ4v) is 13.9. The van der Waals surface area contributed by atoms with E-state index >= 15 is 0 Å². The highest BCUT2D eigenvalue weighted by atomic mass is 16.6. The average molecular weight is 1430 g/mol. The smallest absolute Gasteiger partial charge is 0.303 e. The first-order chi connectivity index (χ1) is 51.6. The molecule has 540 valence electrons. The zero-order chi connectivity index (χ0) is 75.6. The van der Waals surface area contributed by atoms with Crippen molar-refractivity contribution in [2.75, 3.05) is 37.7 Å². The van der Waals surface area contributed by atoms with E-state index in [1.807, 2.05) is 214 Å². The van der Waals surface area contributed by atoms with Crippen molar-refractivity contribution in [2.24, 2.45) is 0 Å². The third kappa shape index (κ3) is 13.4. The second-order valence-electron chi connectivity index (χ2n) is 25.3. The summed E-state index contributed by atoms with van der Waals surface area (Å²) in [5.41, 5.74) is 25.3. The predicted molar refractivity (Wildman–Crippen MR) is 414 cm³/mol. The maximum atomic E-state index is 12.0. The number of para-hydroxylation sites is 4. The minimum atomic E-state index is -0.344. The molecule has 0 saturated heterocycles. The van der Waals surface area contributed by atoms with Crippen molar-refractivity contribution in [2.45, 2.75) is 69.2 Å². The minimum absolute atomic E-state index is 0.0378. The summed E-state index contributed by atoms with van der Waals surface area (Å²) in [6.07, 6.45) is 0. The number of nitrogens with two attached hydrogens (primary N) is 1. The van der Waals surface area contributed by atoms with E-state index in [0.717, 1.165) is 140 Å². The van der Waals surface area contributed by atoms with Crippen molar-refractivity contribution in [3.05, 3.63) is 250 Å². The number of nitrogens with zero attached hydrogens (tertiary/aromatic N) is 9. The summed E-state index contributed by atoms with van der Waals surface area (Å²) in [6.45, 7) is 17.9. The van der Waals surface area contributed by atoms with Gasteiger partial charge < -0.3 is 72.0 Å². The summed E-state index contributed by atoms with van der Waals surface area (Å²) in [5.74, 6) is 4.86. The number of nitrogen functional groups attached to an aromatic ring is 1. The number of phenolic OH excluding ortho intramolecular Hbond substituents is 1. The van der Waals surface area contributed by atoms with E-state index < -0.39 is 0 Å². The summed E-state index contributed by atoms with van der Waals surface area (Å²) in [4.78, 5) is 35.6.